The molecule has 1 N–H and O–H groups in total. The van der Waals surface area contributed by atoms with E-state index in [1.54, 1.807) is 12.3 Å². The van der Waals surface area contributed by atoms with E-state index in [0.29, 0.717) is 0 Å². The molecule has 0 saturated heterocycles. The van der Waals surface area contributed by atoms with Gasteiger partial charge in [-0.2, -0.15) is 0 Å². The molecule has 1 aromatic heterocycles. The van der Waals surface area contributed by atoms with Gasteiger partial charge in [0.05, 0.1) is 0 Å². The molecule has 0 fully saturated rings. The van der Waals surface area contributed by atoms with E-state index in [1.165, 1.54) is 0 Å². The van der Waals surface area contributed by atoms with Crippen LogP contribution in [0.15, 0.2) is 36.6 Å². The van der Waals surface area contributed by atoms with Crippen molar-refractivity contribution in [2.75, 3.05) is 18.0 Å². The van der Waals surface area contributed by atoms with Crippen LogP contribution in [0, 0.1) is 0 Å². The Morgan fingerprint density at radius 2 is 2.35 bits per heavy atom. The van der Waals surface area contributed by atoms with Crippen molar-refractivity contribution in [1.29, 1.82) is 0 Å². The van der Waals surface area contributed by atoms with Crippen LogP contribution < -0.4 is 4.90 Å². The third-order valence-electron chi connectivity index (χ3n) is 2.58. The summed E-state index contributed by atoms with van der Waals surface area (Å²) in [6.07, 6.45) is 9.70. The Bertz CT molecular complexity index is 466. The fraction of sp³-hybridized carbons (Fsp3) is 0.231. The smallest absolute Gasteiger partial charge is 0.328 e. The van der Waals surface area contributed by atoms with E-state index in [2.05, 4.69) is 22.0 Å². The summed E-state index contributed by atoms with van der Waals surface area (Å²) in [7, 11) is 0. The Morgan fingerprint density at radius 3 is 3.06 bits per heavy atom. The standard InChI is InChI=1S/C13H14N2O2/c16-12(17)7-6-11-5-4-8-14-13(11)15-9-2-1-3-10-15/h1-2,4-8H,3,9-10H2,(H,16,17)/b7-6+. The van der Waals surface area contributed by atoms with Crippen molar-refractivity contribution in [1.82, 2.24) is 4.98 Å². The van der Waals surface area contributed by atoms with Crippen LogP contribution in [-0.2, 0) is 4.79 Å². The molecule has 2 heterocycles. The Labute approximate surface area is 99.9 Å². The van der Waals surface area contributed by atoms with E-state index in [4.69, 9.17) is 5.11 Å². The summed E-state index contributed by atoms with van der Waals surface area (Å²) in [6, 6.07) is 3.69. The highest BCUT2D eigenvalue weighted by Crippen LogP contribution is 2.20. The lowest BCUT2D eigenvalue weighted by Gasteiger charge is -2.25. The van der Waals surface area contributed by atoms with Crippen LogP contribution >= 0.6 is 0 Å². The maximum Gasteiger partial charge on any atom is 0.328 e. The molecule has 1 aliphatic heterocycles. The Kier molecular flexibility index (Phi) is 3.55. The maximum absolute atomic E-state index is 10.5. The third kappa shape index (κ3) is 2.93. The van der Waals surface area contributed by atoms with Gasteiger partial charge < -0.3 is 10.0 Å². The average molecular weight is 230 g/mol. The van der Waals surface area contributed by atoms with Gasteiger partial charge in [0.25, 0.3) is 0 Å². The molecule has 4 heteroatoms. The number of carbonyl (C=O) groups is 1. The monoisotopic (exact) mass is 230 g/mol. The quantitative estimate of drug-likeness (QED) is 0.637. The summed E-state index contributed by atoms with van der Waals surface area (Å²) in [4.78, 5) is 17.0. The zero-order chi connectivity index (χ0) is 12.1. The SMILES string of the molecule is O=C(O)/C=C/c1cccnc1N1CC=CCC1. The number of carboxylic acid groups (broad SMARTS) is 1. The van der Waals surface area contributed by atoms with Gasteiger partial charge in [-0.1, -0.05) is 12.2 Å². The van der Waals surface area contributed by atoms with E-state index < -0.39 is 5.97 Å². The van der Waals surface area contributed by atoms with Crippen molar-refractivity contribution >= 4 is 17.9 Å². The molecule has 0 saturated carbocycles. The number of anilines is 1. The molecule has 0 aromatic carbocycles. The number of rotatable bonds is 3. The lowest BCUT2D eigenvalue weighted by Crippen LogP contribution is -2.28. The number of aliphatic carboxylic acids is 1. The summed E-state index contributed by atoms with van der Waals surface area (Å²) in [5, 5.41) is 8.64. The molecule has 0 aliphatic carbocycles. The first kappa shape index (κ1) is 11.4. The number of pyridine rings is 1. The minimum Gasteiger partial charge on any atom is -0.478 e. The number of carboxylic acids is 1. The molecule has 88 valence electrons. The molecule has 0 radical (unpaired) electrons. The van der Waals surface area contributed by atoms with E-state index in [1.807, 2.05) is 12.1 Å². The van der Waals surface area contributed by atoms with Gasteiger partial charge >= 0.3 is 5.97 Å². The minimum atomic E-state index is -0.946. The molecular weight excluding hydrogens is 216 g/mol. The van der Waals surface area contributed by atoms with Gasteiger partial charge in [0.15, 0.2) is 0 Å². The number of aromatic nitrogens is 1. The third-order valence-corrected chi connectivity index (χ3v) is 2.58. The molecule has 0 unspecified atom stereocenters. The Hall–Kier alpha value is -2.10. The van der Waals surface area contributed by atoms with Crippen LogP contribution in [-0.4, -0.2) is 29.1 Å². The van der Waals surface area contributed by atoms with Crippen LogP contribution in [0.5, 0.6) is 0 Å². The topological polar surface area (TPSA) is 53.4 Å². The van der Waals surface area contributed by atoms with Crippen molar-refractivity contribution in [3.8, 4) is 0 Å². The van der Waals surface area contributed by atoms with Crippen molar-refractivity contribution in [3.05, 3.63) is 42.1 Å². The fourth-order valence-corrected chi connectivity index (χ4v) is 1.80. The van der Waals surface area contributed by atoms with E-state index in [-0.39, 0.29) is 0 Å². The molecular formula is C13H14N2O2. The summed E-state index contributed by atoms with van der Waals surface area (Å²) in [5.41, 5.74) is 0.838. The number of nitrogens with zero attached hydrogens (tertiary/aromatic N) is 2. The molecule has 0 spiro atoms. The summed E-state index contributed by atoms with van der Waals surface area (Å²) >= 11 is 0. The van der Waals surface area contributed by atoms with Crippen molar-refractivity contribution in [2.24, 2.45) is 0 Å². The van der Waals surface area contributed by atoms with Gasteiger partial charge in [0, 0.05) is 30.9 Å². The molecule has 4 nitrogen and oxygen atoms in total. The predicted molar refractivity (Wildman–Crippen MR) is 66.9 cm³/mol. The van der Waals surface area contributed by atoms with Gasteiger partial charge in [-0.25, -0.2) is 9.78 Å². The molecule has 1 aliphatic rings. The molecule has 17 heavy (non-hydrogen) atoms. The van der Waals surface area contributed by atoms with Crippen LogP contribution in [0.1, 0.15) is 12.0 Å². The summed E-state index contributed by atoms with van der Waals surface area (Å²) < 4.78 is 0. The van der Waals surface area contributed by atoms with Gasteiger partial charge in [-0.3, -0.25) is 0 Å². The highest BCUT2D eigenvalue weighted by Gasteiger charge is 2.11. The van der Waals surface area contributed by atoms with E-state index in [9.17, 15) is 4.79 Å². The normalized spacial score (nSPS) is 15.4. The zero-order valence-corrected chi connectivity index (χ0v) is 9.41. The molecule has 1 aromatic rings. The van der Waals surface area contributed by atoms with Gasteiger partial charge in [-0.15, -0.1) is 0 Å². The van der Waals surface area contributed by atoms with Crippen molar-refractivity contribution in [2.45, 2.75) is 6.42 Å². The first-order chi connectivity index (χ1) is 8.27. The minimum absolute atomic E-state index is 0.824. The lowest BCUT2D eigenvalue weighted by atomic mass is 10.2. The lowest BCUT2D eigenvalue weighted by molar-refractivity contribution is -0.131. The average Bonchev–Trinajstić information content (AvgIpc) is 2.38. The van der Waals surface area contributed by atoms with Crippen LogP contribution in [0.3, 0.4) is 0 Å². The van der Waals surface area contributed by atoms with Gasteiger partial charge in [-0.05, 0) is 24.6 Å². The van der Waals surface area contributed by atoms with Crippen LogP contribution in [0.25, 0.3) is 6.08 Å². The van der Waals surface area contributed by atoms with E-state index in [0.717, 1.165) is 37.0 Å². The maximum atomic E-state index is 10.5. The second-order valence-corrected chi connectivity index (χ2v) is 3.79. The van der Waals surface area contributed by atoms with Crippen molar-refractivity contribution < 1.29 is 9.90 Å². The molecule has 0 bridgehead atoms. The Balaban J connectivity index is 2.26. The van der Waals surface area contributed by atoms with Crippen molar-refractivity contribution in [3.63, 3.8) is 0 Å². The summed E-state index contributed by atoms with van der Waals surface area (Å²) in [5.74, 6) is -0.104. The zero-order valence-electron chi connectivity index (χ0n) is 9.41. The molecule has 0 atom stereocenters. The van der Waals surface area contributed by atoms with Gasteiger partial charge in [0.2, 0.25) is 0 Å². The number of hydrogen-bond acceptors (Lipinski definition) is 3. The number of hydrogen-bond donors (Lipinski definition) is 1. The molecule has 2 rings (SSSR count). The molecule has 0 amide bonds. The largest absolute Gasteiger partial charge is 0.478 e. The Morgan fingerprint density at radius 1 is 1.47 bits per heavy atom. The van der Waals surface area contributed by atoms with Gasteiger partial charge in [0.1, 0.15) is 5.82 Å². The first-order valence-electron chi connectivity index (χ1n) is 5.53. The summed E-state index contributed by atoms with van der Waals surface area (Å²) in [6.45, 7) is 1.74. The van der Waals surface area contributed by atoms with E-state index >= 15 is 0 Å². The predicted octanol–water partition coefficient (Wildman–Crippen LogP) is 1.95. The fourth-order valence-electron chi connectivity index (χ4n) is 1.80. The van der Waals surface area contributed by atoms with Crippen LogP contribution in [0.4, 0.5) is 5.82 Å². The van der Waals surface area contributed by atoms with Crippen LogP contribution in [0.2, 0.25) is 0 Å². The highest BCUT2D eigenvalue weighted by atomic mass is 16.4. The first-order valence-corrected chi connectivity index (χ1v) is 5.53. The second-order valence-electron chi connectivity index (χ2n) is 3.79. The highest BCUT2D eigenvalue weighted by molar-refractivity contribution is 5.86. The second kappa shape index (κ2) is 5.30.